The molecule has 2 rings (SSSR count). The van der Waals surface area contributed by atoms with Gasteiger partial charge in [0.1, 0.15) is 0 Å². The number of ether oxygens (including phenoxy) is 2. The Bertz CT molecular complexity index is 784. The molecule has 0 fully saturated rings. The molecule has 8 nitrogen and oxygen atoms in total. The molecule has 120 valence electrons. The lowest BCUT2D eigenvalue weighted by Crippen LogP contribution is -2.25. The van der Waals surface area contributed by atoms with E-state index in [1.807, 2.05) is 0 Å². The zero-order valence-electron chi connectivity index (χ0n) is 12.4. The first kappa shape index (κ1) is 16.2. The van der Waals surface area contributed by atoms with Crippen LogP contribution in [0.3, 0.4) is 0 Å². The molecule has 9 heteroatoms. The highest BCUT2D eigenvalue weighted by molar-refractivity contribution is 7.92. The molecule has 0 aliphatic rings. The van der Waals surface area contributed by atoms with E-state index >= 15 is 0 Å². The Morgan fingerprint density at radius 2 is 2.14 bits per heavy atom. The highest BCUT2D eigenvalue weighted by Crippen LogP contribution is 2.22. The lowest BCUT2D eigenvalue weighted by atomic mass is 10.2. The average Bonchev–Trinajstić information content (AvgIpc) is 2.88. The summed E-state index contributed by atoms with van der Waals surface area (Å²) in [5, 5.41) is 7.03. The maximum Gasteiger partial charge on any atom is 0.359 e. The van der Waals surface area contributed by atoms with Gasteiger partial charge in [0, 0.05) is 18.2 Å². The van der Waals surface area contributed by atoms with Gasteiger partial charge >= 0.3 is 5.97 Å². The van der Waals surface area contributed by atoms with Crippen LogP contribution in [0.2, 0.25) is 0 Å². The topological polar surface area (TPSA) is 110 Å². The molecule has 0 spiro atoms. The van der Waals surface area contributed by atoms with Gasteiger partial charge in [-0.25, -0.2) is 13.2 Å². The Morgan fingerprint density at radius 3 is 2.77 bits per heavy atom. The van der Waals surface area contributed by atoms with Crippen LogP contribution in [0.25, 0.3) is 10.9 Å². The van der Waals surface area contributed by atoms with Crippen LogP contribution in [-0.2, 0) is 19.5 Å². The normalized spacial score (nSPS) is 13.0. The molecular weight excluding hydrogens is 310 g/mol. The van der Waals surface area contributed by atoms with Crippen LogP contribution >= 0.6 is 0 Å². The third-order valence-electron chi connectivity index (χ3n) is 3.07. The van der Waals surface area contributed by atoms with Crippen molar-refractivity contribution in [3.63, 3.8) is 0 Å². The number of benzene rings is 1. The van der Waals surface area contributed by atoms with Crippen LogP contribution in [0.5, 0.6) is 0 Å². The number of anilines is 1. The summed E-state index contributed by atoms with van der Waals surface area (Å²) < 4.78 is 36.1. The van der Waals surface area contributed by atoms with E-state index in [2.05, 4.69) is 19.7 Å². The molecule has 1 atom stereocenters. The standard InChI is InChI=1S/C13H17N3O5S/c1-8(20-2)7-22(18,19)16-9-4-5-11-10(6-9)12(15-14-11)13(17)21-3/h4-6,8,16H,7H2,1-3H3,(H,14,15). The zero-order chi connectivity index (χ0) is 16.3. The number of methoxy groups -OCH3 is 2. The molecule has 1 aromatic carbocycles. The fourth-order valence-electron chi connectivity index (χ4n) is 1.93. The Morgan fingerprint density at radius 1 is 1.41 bits per heavy atom. The molecule has 1 aromatic heterocycles. The molecule has 2 aromatic rings. The van der Waals surface area contributed by atoms with Gasteiger partial charge in [0.05, 0.1) is 24.5 Å². The third-order valence-corrected chi connectivity index (χ3v) is 4.53. The van der Waals surface area contributed by atoms with Crippen molar-refractivity contribution in [2.45, 2.75) is 13.0 Å². The fourth-order valence-corrected chi connectivity index (χ4v) is 3.25. The monoisotopic (exact) mass is 327 g/mol. The SMILES string of the molecule is COC(=O)c1n[nH]c2ccc(NS(=O)(=O)CC(C)OC)cc12. The van der Waals surface area contributed by atoms with Gasteiger partial charge in [-0.05, 0) is 25.1 Å². The van der Waals surface area contributed by atoms with Crippen molar-refractivity contribution in [2.75, 3.05) is 24.7 Å². The number of fused-ring (bicyclic) bond motifs is 1. The van der Waals surface area contributed by atoms with Crippen LogP contribution < -0.4 is 4.72 Å². The molecule has 1 heterocycles. The molecular formula is C13H17N3O5S. The van der Waals surface area contributed by atoms with Gasteiger partial charge in [-0.2, -0.15) is 5.10 Å². The van der Waals surface area contributed by atoms with Crippen LogP contribution in [0.15, 0.2) is 18.2 Å². The smallest absolute Gasteiger partial charge is 0.359 e. The quantitative estimate of drug-likeness (QED) is 0.769. The predicted octanol–water partition coefficient (Wildman–Crippen LogP) is 1.13. The molecule has 22 heavy (non-hydrogen) atoms. The van der Waals surface area contributed by atoms with E-state index in [-0.39, 0.29) is 11.4 Å². The van der Waals surface area contributed by atoms with Crippen molar-refractivity contribution in [3.05, 3.63) is 23.9 Å². The van der Waals surface area contributed by atoms with Gasteiger partial charge in [-0.1, -0.05) is 0 Å². The van der Waals surface area contributed by atoms with Crippen molar-refractivity contribution in [2.24, 2.45) is 0 Å². The summed E-state index contributed by atoms with van der Waals surface area (Å²) in [6, 6.07) is 4.74. The van der Waals surface area contributed by atoms with E-state index in [9.17, 15) is 13.2 Å². The Labute approximate surface area is 127 Å². The van der Waals surface area contributed by atoms with Gasteiger partial charge < -0.3 is 9.47 Å². The van der Waals surface area contributed by atoms with Crippen molar-refractivity contribution in [1.29, 1.82) is 0 Å². The van der Waals surface area contributed by atoms with Gasteiger partial charge in [0.25, 0.3) is 0 Å². The number of nitrogens with zero attached hydrogens (tertiary/aromatic N) is 1. The second kappa shape index (κ2) is 6.32. The molecule has 0 bridgehead atoms. The highest BCUT2D eigenvalue weighted by Gasteiger charge is 2.18. The van der Waals surface area contributed by atoms with E-state index in [1.54, 1.807) is 19.1 Å². The van der Waals surface area contributed by atoms with Gasteiger partial charge in [-0.3, -0.25) is 9.82 Å². The van der Waals surface area contributed by atoms with E-state index in [1.165, 1.54) is 20.3 Å². The highest BCUT2D eigenvalue weighted by atomic mass is 32.2. The zero-order valence-corrected chi connectivity index (χ0v) is 13.2. The summed E-state index contributed by atoms with van der Waals surface area (Å²) in [6.45, 7) is 1.66. The molecule has 0 aliphatic carbocycles. The number of nitrogens with one attached hydrogen (secondary N) is 2. The van der Waals surface area contributed by atoms with Gasteiger partial charge in [0.15, 0.2) is 5.69 Å². The number of hydrogen-bond acceptors (Lipinski definition) is 6. The molecule has 0 amide bonds. The van der Waals surface area contributed by atoms with E-state index < -0.39 is 22.1 Å². The summed E-state index contributed by atoms with van der Waals surface area (Å²) >= 11 is 0. The Kier molecular flexibility index (Phi) is 4.67. The number of esters is 1. The second-order valence-corrected chi connectivity index (χ2v) is 6.52. The van der Waals surface area contributed by atoms with Gasteiger partial charge in [0.2, 0.25) is 10.0 Å². The number of aromatic nitrogens is 2. The minimum Gasteiger partial charge on any atom is -0.464 e. The maximum absolute atomic E-state index is 12.0. The summed E-state index contributed by atoms with van der Waals surface area (Å²) in [5.74, 6) is -0.768. The fraction of sp³-hybridized carbons (Fsp3) is 0.385. The molecule has 0 aliphatic heterocycles. The minimum atomic E-state index is -3.56. The summed E-state index contributed by atoms with van der Waals surface area (Å²) in [6.07, 6.45) is -0.430. The van der Waals surface area contributed by atoms with Crippen LogP contribution in [0.1, 0.15) is 17.4 Å². The summed E-state index contributed by atoms with van der Waals surface area (Å²) in [4.78, 5) is 11.6. The minimum absolute atomic E-state index is 0.101. The number of H-pyrrole nitrogens is 1. The lowest BCUT2D eigenvalue weighted by molar-refractivity contribution is 0.0596. The predicted molar refractivity (Wildman–Crippen MR) is 81.3 cm³/mol. The molecule has 2 N–H and O–H groups in total. The van der Waals surface area contributed by atoms with E-state index in [4.69, 9.17) is 4.74 Å². The maximum atomic E-state index is 12.0. The first-order valence-corrected chi connectivity index (χ1v) is 8.11. The number of aromatic amines is 1. The summed E-state index contributed by atoms with van der Waals surface area (Å²) in [5.41, 5.74) is 1.04. The first-order chi connectivity index (χ1) is 10.4. The van der Waals surface area contributed by atoms with Crippen LogP contribution in [0, 0.1) is 0 Å². The van der Waals surface area contributed by atoms with E-state index in [0.717, 1.165) is 0 Å². The molecule has 1 unspecified atom stereocenters. The van der Waals surface area contributed by atoms with Crippen molar-refractivity contribution in [1.82, 2.24) is 10.2 Å². The van der Waals surface area contributed by atoms with Crippen LogP contribution in [0.4, 0.5) is 5.69 Å². The molecule has 0 saturated heterocycles. The van der Waals surface area contributed by atoms with Gasteiger partial charge in [-0.15, -0.1) is 0 Å². The number of rotatable bonds is 6. The number of sulfonamides is 1. The van der Waals surface area contributed by atoms with E-state index in [0.29, 0.717) is 16.6 Å². The van der Waals surface area contributed by atoms with Crippen molar-refractivity contribution in [3.8, 4) is 0 Å². The molecule has 0 radical (unpaired) electrons. The first-order valence-electron chi connectivity index (χ1n) is 6.46. The van der Waals surface area contributed by atoms with Crippen molar-refractivity contribution >= 4 is 32.6 Å². The number of carbonyl (C=O) groups excluding carboxylic acids is 1. The third kappa shape index (κ3) is 3.55. The molecule has 0 saturated carbocycles. The Balaban J connectivity index is 2.31. The lowest BCUT2D eigenvalue weighted by Gasteiger charge is -2.12. The number of hydrogen-bond donors (Lipinski definition) is 2. The number of carbonyl (C=O) groups is 1. The average molecular weight is 327 g/mol. The summed E-state index contributed by atoms with van der Waals surface area (Å²) in [7, 11) is -0.862. The largest absolute Gasteiger partial charge is 0.464 e. The van der Waals surface area contributed by atoms with Crippen LogP contribution in [-0.4, -0.2) is 50.7 Å². The second-order valence-electron chi connectivity index (χ2n) is 4.75. The Hall–Kier alpha value is -2.13. The van der Waals surface area contributed by atoms with Crippen molar-refractivity contribution < 1.29 is 22.7 Å².